The molecule has 7 heteroatoms. The van der Waals surface area contributed by atoms with Crippen molar-refractivity contribution in [2.75, 3.05) is 18.4 Å². The van der Waals surface area contributed by atoms with Gasteiger partial charge in [-0.05, 0) is 24.3 Å². The zero-order valence-corrected chi connectivity index (χ0v) is 11.9. The number of anilines is 1. The van der Waals surface area contributed by atoms with Crippen molar-refractivity contribution >= 4 is 29.2 Å². The van der Waals surface area contributed by atoms with E-state index >= 15 is 0 Å². The van der Waals surface area contributed by atoms with Gasteiger partial charge in [-0.15, -0.1) is 0 Å². The van der Waals surface area contributed by atoms with Crippen LogP contribution in [0.3, 0.4) is 0 Å². The Morgan fingerprint density at radius 3 is 2.55 bits per heavy atom. The van der Waals surface area contributed by atoms with Crippen LogP contribution in [0.15, 0.2) is 24.3 Å². The standard InChI is InChI=1S/C13H18ClN3O3/c14-9-2-4-10(5-3-9)17-12(18)8-11(13(19)20)16-7-1-6-15/h2-5,11,16H,1,6-8,15H2,(H,17,18)(H,19,20)/p+1/t11-/m1/s1. The molecule has 0 aromatic heterocycles. The number of rotatable bonds is 8. The van der Waals surface area contributed by atoms with Crippen LogP contribution >= 0.6 is 11.6 Å². The average Bonchev–Trinajstić information content (AvgIpc) is 2.40. The first-order valence-electron chi connectivity index (χ1n) is 6.41. The minimum atomic E-state index is -1.24. The van der Waals surface area contributed by atoms with Crippen LogP contribution in [0.4, 0.5) is 5.69 Å². The largest absolute Gasteiger partial charge is 0.544 e. The third-order valence-electron chi connectivity index (χ3n) is 2.74. The number of nitrogens with one attached hydrogen (secondary N) is 1. The van der Waals surface area contributed by atoms with Gasteiger partial charge in [0.15, 0.2) is 0 Å². The second-order valence-corrected chi connectivity index (χ2v) is 4.85. The van der Waals surface area contributed by atoms with E-state index < -0.39 is 12.0 Å². The van der Waals surface area contributed by atoms with Crippen LogP contribution in [0.5, 0.6) is 0 Å². The number of carboxylic acids is 1. The Morgan fingerprint density at radius 2 is 2.00 bits per heavy atom. The Balaban J connectivity index is 2.48. The second kappa shape index (κ2) is 8.52. The summed E-state index contributed by atoms with van der Waals surface area (Å²) in [6.45, 7) is 1.34. The molecular weight excluding hydrogens is 282 g/mol. The zero-order chi connectivity index (χ0) is 15.0. The predicted octanol–water partition coefficient (Wildman–Crippen LogP) is -2.02. The van der Waals surface area contributed by atoms with Crippen molar-refractivity contribution in [3.05, 3.63) is 29.3 Å². The molecule has 1 aromatic carbocycles. The lowest BCUT2D eigenvalue weighted by Crippen LogP contribution is -2.93. The Labute approximate surface area is 122 Å². The summed E-state index contributed by atoms with van der Waals surface area (Å²) < 4.78 is 0. The quantitative estimate of drug-likeness (QED) is 0.482. The molecule has 0 aliphatic rings. The molecule has 0 heterocycles. The summed E-state index contributed by atoms with van der Waals surface area (Å²) in [7, 11) is 0. The maximum Gasteiger partial charge on any atom is 0.230 e. The molecule has 0 aliphatic carbocycles. The zero-order valence-electron chi connectivity index (χ0n) is 11.1. The Morgan fingerprint density at radius 1 is 1.35 bits per heavy atom. The highest BCUT2D eigenvalue weighted by Crippen LogP contribution is 2.13. The molecule has 0 spiro atoms. The number of amides is 1. The lowest BCUT2D eigenvalue weighted by molar-refractivity contribution is -0.684. The molecule has 0 aliphatic heterocycles. The minimum Gasteiger partial charge on any atom is -0.544 e. The van der Waals surface area contributed by atoms with E-state index in [0.29, 0.717) is 17.3 Å². The molecular formula is C13H19ClN3O3+. The molecule has 6 N–H and O–H groups in total. The molecule has 1 atom stereocenters. The van der Waals surface area contributed by atoms with Gasteiger partial charge in [0, 0.05) is 17.1 Å². The molecule has 0 saturated carbocycles. The van der Waals surface area contributed by atoms with E-state index in [9.17, 15) is 14.7 Å². The van der Waals surface area contributed by atoms with Crippen molar-refractivity contribution in [3.63, 3.8) is 0 Å². The van der Waals surface area contributed by atoms with Crippen molar-refractivity contribution in [3.8, 4) is 0 Å². The summed E-state index contributed by atoms with van der Waals surface area (Å²) in [5, 5.41) is 15.8. The number of hydrogen-bond donors (Lipinski definition) is 3. The van der Waals surface area contributed by atoms with Gasteiger partial charge in [-0.1, -0.05) is 11.6 Å². The maximum absolute atomic E-state index is 11.8. The molecule has 1 aromatic rings. The summed E-state index contributed by atoms with van der Waals surface area (Å²) in [6.07, 6.45) is 0.657. The molecule has 1 amide bonds. The molecule has 0 radical (unpaired) electrons. The van der Waals surface area contributed by atoms with Gasteiger partial charge in [0.2, 0.25) is 5.91 Å². The van der Waals surface area contributed by atoms with Crippen molar-refractivity contribution in [1.82, 2.24) is 0 Å². The van der Waals surface area contributed by atoms with Crippen molar-refractivity contribution in [2.24, 2.45) is 0 Å². The smallest absolute Gasteiger partial charge is 0.230 e. The number of aliphatic carboxylic acids is 1. The van der Waals surface area contributed by atoms with E-state index in [1.165, 1.54) is 0 Å². The van der Waals surface area contributed by atoms with Gasteiger partial charge in [0.25, 0.3) is 0 Å². The van der Waals surface area contributed by atoms with Crippen LogP contribution < -0.4 is 21.5 Å². The van der Waals surface area contributed by atoms with E-state index in [2.05, 4.69) is 11.1 Å². The highest BCUT2D eigenvalue weighted by atomic mass is 35.5. The molecule has 0 fully saturated rings. The van der Waals surface area contributed by atoms with Gasteiger partial charge in [0.1, 0.15) is 6.04 Å². The normalized spacial score (nSPS) is 11.9. The molecule has 0 unspecified atom stereocenters. The van der Waals surface area contributed by atoms with Crippen LogP contribution in [0.1, 0.15) is 12.8 Å². The maximum atomic E-state index is 11.8. The van der Waals surface area contributed by atoms with Gasteiger partial charge in [-0.2, -0.15) is 0 Å². The number of halogens is 1. The molecule has 1 rings (SSSR count). The Hall–Kier alpha value is -1.63. The first-order chi connectivity index (χ1) is 9.52. The van der Waals surface area contributed by atoms with Gasteiger partial charge >= 0.3 is 0 Å². The van der Waals surface area contributed by atoms with Crippen LogP contribution in [-0.2, 0) is 9.59 Å². The molecule has 6 nitrogen and oxygen atoms in total. The molecule has 110 valence electrons. The fraction of sp³-hybridized carbons (Fsp3) is 0.385. The molecule has 0 bridgehead atoms. The Kier molecular flexibility index (Phi) is 7.00. The van der Waals surface area contributed by atoms with E-state index in [1.807, 2.05) is 0 Å². The summed E-state index contributed by atoms with van der Waals surface area (Å²) in [5.74, 6) is -1.60. The SMILES string of the molecule is [NH3+]CCC[NH2+][C@H](CC(=O)Nc1ccc(Cl)cc1)C(=O)[O-]. The van der Waals surface area contributed by atoms with Crippen LogP contribution in [0.25, 0.3) is 0 Å². The lowest BCUT2D eigenvalue weighted by Gasteiger charge is -2.16. The van der Waals surface area contributed by atoms with Crippen LogP contribution in [0.2, 0.25) is 5.02 Å². The third-order valence-corrected chi connectivity index (χ3v) is 2.99. The molecule has 20 heavy (non-hydrogen) atoms. The van der Waals surface area contributed by atoms with Crippen LogP contribution in [-0.4, -0.2) is 31.0 Å². The van der Waals surface area contributed by atoms with E-state index in [4.69, 9.17) is 11.6 Å². The van der Waals surface area contributed by atoms with Crippen LogP contribution in [0, 0.1) is 0 Å². The number of hydrogen-bond acceptors (Lipinski definition) is 3. The fourth-order valence-corrected chi connectivity index (χ4v) is 1.80. The summed E-state index contributed by atoms with van der Waals surface area (Å²) >= 11 is 5.74. The second-order valence-electron chi connectivity index (χ2n) is 4.42. The summed E-state index contributed by atoms with van der Waals surface area (Å²) in [5.41, 5.74) is 4.26. The monoisotopic (exact) mass is 300 g/mol. The van der Waals surface area contributed by atoms with Crippen molar-refractivity contribution in [2.45, 2.75) is 18.9 Å². The first-order valence-corrected chi connectivity index (χ1v) is 6.79. The fourth-order valence-electron chi connectivity index (χ4n) is 1.67. The number of carbonyl (C=O) groups is 2. The van der Waals surface area contributed by atoms with Gasteiger partial charge in [-0.3, -0.25) is 4.79 Å². The summed E-state index contributed by atoms with van der Waals surface area (Å²) in [6, 6.07) is 5.72. The number of benzene rings is 1. The number of carbonyl (C=O) groups excluding carboxylic acids is 2. The summed E-state index contributed by atoms with van der Waals surface area (Å²) in [4.78, 5) is 22.7. The van der Waals surface area contributed by atoms with Gasteiger partial charge < -0.3 is 26.3 Å². The van der Waals surface area contributed by atoms with Gasteiger partial charge in [0.05, 0.1) is 25.5 Å². The van der Waals surface area contributed by atoms with E-state index in [0.717, 1.165) is 13.0 Å². The predicted molar refractivity (Wildman–Crippen MR) is 72.7 cm³/mol. The van der Waals surface area contributed by atoms with Crippen molar-refractivity contribution in [1.29, 1.82) is 0 Å². The third kappa shape index (κ3) is 6.01. The Bertz CT molecular complexity index is 451. The average molecular weight is 301 g/mol. The lowest BCUT2D eigenvalue weighted by atomic mass is 10.2. The van der Waals surface area contributed by atoms with E-state index in [1.54, 1.807) is 29.6 Å². The minimum absolute atomic E-state index is 0.137. The first kappa shape index (κ1) is 16.4. The number of quaternary nitrogens is 2. The van der Waals surface area contributed by atoms with E-state index in [-0.39, 0.29) is 12.3 Å². The highest BCUT2D eigenvalue weighted by molar-refractivity contribution is 6.30. The molecule has 0 saturated heterocycles. The van der Waals surface area contributed by atoms with Gasteiger partial charge in [-0.25, -0.2) is 0 Å². The van der Waals surface area contributed by atoms with Crippen molar-refractivity contribution < 1.29 is 25.7 Å². The highest BCUT2D eigenvalue weighted by Gasteiger charge is 2.18. The number of nitrogens with two attached hydrogens (primary N) is 1. The number of carboxylic acid groups (broad SMARTS) is 1. The topological polar surface area (TPSA) is 113 Å².